The van der Waals surface area contributed by atoms with Crippen molar-refractivity contribution in [2.75, 3.05) is 13.7 Å². The van der Waals surface area contributed by atoms with Gasteiger partial charge in [-0.1, -0.05) is 26.7 Å². The molecule has 5 unspecified atom stereocenters. The van der Waals surface area contributed by atoms with Crippen molar-refractivity contribution in [3.05, 3.63) is 0 Å². The van der Waals surface area contributed by atoms with Crippen LogP contribution in [0, 0.1) is 17.8 Å². The first kappa shape index (κ1) is 15.3. The monoisotopic (exact) mass is 267 g/mol. The van der Waals surface area contributed by atoms with Gasteiger partial charge in [-0.05, 0) is 62.8 Å². The lowest BCUT2D eigenvalue weighted by Crippen LogP contribution is -2.43. The maximum absolute atomic E-state index is 5.78. The van der Waals surface area contributed by atoms with Crippen LogP contribution in [0.1, 0.15) is 65.2 Å². The van der Waals surface area contributed by atoms with Gasteiger partial charge >= 0.3 is 0 Å². The Balaban J connectivity index is 1.88. The van der Waals surface area contributed by atoms with E-state index in [4.69, 9.17) is 4.74 Å². The summed E-state index contributed by atoms with van der Waals surface area (Å²) in [5.41, 5.74) is 0. The van der Waals surface area contributed by atoms with Crippen molar-refractivity contribution in [2.24, 2.45) is 17.8 Å². The quantitative estimate of drug-likeness (QED) is 0.682. The van der Waals surface area contributed by atoms with Crippen molar-refractivity contribution in [2.45, 2.75) is 77.4 Å². The van der Waals surface area contributed by atoms with Crippen LogP contribution >= 0.6 is 0 Å². The Morgan fingerprint density at radius 3 is 2.53 bits per heavy atom. The molecule has 0 aromatic carbocycles. The van der Waals surface area contributed by atoms with E-state index in [1.54, 1.807) is 0 Å². The largest absolute Gasteiger partial charge is 0.380 e. The highest BCUT2D eigenvalue weighted by atomic mass is 16.5. The molecule has 1 N–H and O–H groups in total. The van der Waals surface area contributed by atoms with Crippen LogP contribution in [-0.4, -0.2) is 25.8 Å². The summed E-state index contributed by atoms with van der Waals surface area (Å²) in [6.45, 7) is 5.65. The zero-order valence-corrected chi connectivity index (χ0v) is 13.2. The molecule has 2 nitrogen and oxygen atoms in total. The summed E-state index contributed by atoms with van der Waals surface area (Å²) in [7, 11) is 1.89. The van der Waals surface area contributed by atoms with Crippen LogP contribution in [0.25, 0.3) is 0 Å². The standard InChI is InChI=1S/C17H33NO/c1-4-6-17(19-3)16(18-9-5-2)12-15-11-13-7-8-14(15)10-13/h13-18H,4-12H2,1-3H3. The first-order chi connectivity index (χ1) is 9.28. The van der Waals surface area contributed by atoms with E-state index in [0.717, 1.165) is 24.3 Å². The fourth-order valence-corrected chi connectivity index (χ4v) is 4.46. The topological polar surface area (TPSA) is 21.3 Å². The molecule has 0 heterocycles. The fraction of sp³-hybridized carbons (Fsp3) is 1.00. The molecule has 2 saturated carbocycles. The maximum Gasteiger partial charge on any atom is 0.0724 e. The van der Waals surface area contributed by atoms with Gasteiger partial charge in [0.1, 0.15) is 0 Å². The first-order valence-corrected chi connectivity index (χ1v) is 8.54. The van der Waals surface area contributed by atoms with E-state index in [-0.39, 0.29) is 0 Å². The Morgan fingerprint density at radius 1 is 1.16 bits per heavy atom. The minimum absolute atomic E-state index is 0.413. The zero-order chi connectivity index (χ0) is 13.7. The van der Waals surface area contributed by atoms with Crippen molar-refractivity contribution in [3.8, 4) is 0 Å². The molecule has 0 aromatic rings. The Kier molecular flexibility index (Phi) is 6.15. The summed E-state index contributed by atoms with van der Waals surface area (Å²) in [5.74, 6) is 3.08. The number of nitrogens with one attached hydrogen (secondary N) is 1. The van der Waals surface area contributed by atoms with Crippen LogP contribution in [0.3, 0.4) is 0 Å². The second-order valence-corrected chi connectivity index (χ2v) is 6.79. The minimum atomic E-state index is 0.413. The highest BCUT2D eigenvalue weighted by molar-refractivity contribution is 4.93. The van der Waals surface area contributed by atoms with Crippen LogP contribution < -0.4 is 5.32 Å². The highest BCUT2D eigenvalue weighted by Crippen LogP contribution is 2.50. The van der Waals surface area contributed by atoms with E-state index < -0.39 is 0 Å². The van der Waals surface area contributed by atoms with Gasteiger partial charge in [-0.25, -0.2) is 0 Å². The third-order valence-corrected chi connectivity index (χ3v) is 5.42. The predicted octanol–water partition coefficient (Wildman–Crippen LogP) is 4.00. The van der Waals surface area contributed by atoms with Gasteiger partial charge in [-0.15, -0.1) is 0 Å². The normalized spacial score (nSPS) is 32.7. The number of hydrogen-bond donors (Lipinski definition) is 1. The van der Waals surface area contributed by atoms with E-state index in [1.807, 2.05) is 7.11 Å². The lowest BCUT2D eigenvalue weighted by molar-refractivity contribution is 0.0488. The van der Waals surface area contributed by atoms with Crippen LogP contribution in [-0.2, 0) is 4.74 Å². The van der Waals surface area contributed by atoms with Crippen LogP contribution in [0.4, 0.5) is 0 Å². The summed E-state index contributed by atoms with van der Waals surface area (Å²) in [6.07, 6.45) is 11.4. The Bertz CT molecular complexity index is 256. The molecule has 112 valence electrons. The van der Waals surface area contributed by atoms with Crippen LogP contribution in [0.5, 0.6) is 0 Å². The average Bonchev–Trinajstić information content (AvgIpc) is 3.03. The molecule has 2 bridgehead atoms. The molecule has 2 aliphatic carbocycles. The smallest absolute Gasteiger partial charge is 0.0724 e. The van der Waals surface area contributed by atoms with Crippen molar-refractivity contribution in [1.29, 1.82) is 0 Å². The Hall–Kier alpha value is -0.0800. The Morgan fingerprint density at radius 2 is 2.00 bits per heavy atom. The molecule has 2 rings (SSSR count). The maximum atomic E-state index is 5.78. The average molecular weight is 267 g/mol. The SMILES string of the molecule is CCCNC(CC1CC2CCC1C2)C(CCC)OC. The van der Waals surface area contributed by atoms with Gasteiger partial charge in [0.2, 0.25) is 0 Å². The van der Waals surface area contributed by atoms with E-state index >= 15 is 0 Å². The molecular formula is C17H33NO. The summed E-state index contributed by atoms with van der Waals surface area (Å²) in [5, 5.41) is 3.77. The molecule has 2 heteroatoms. The lowest BCUT2D eigenvalue weighted by Gasteiger charge is -2.32. The molecule has 0 saturated heterocycles. The van der Waals surface area contributed by atoms with Crippen molar-refractivity contribution in [3.63, 3.8) is 0 Å². The van der Waals surface area contributed by atoms with Gasteiger partial charge < -0.3 is 10.1 Å². The van der Waals surface area contributed by atoms with E-state index in [0.29, 0.717) is 12.1 Å². The summed E-state index contributed by atoms with van der Waals surface area (Å²) >= 11 is 0. The minimum Gasteiger partial charge on any atom is -0.380 e. The summed E-state index contributed by atoms with van der Waals surface area (Å²) in [4.78, 5) is 0. The predicted molar refractivity (Wildman–Crippen MR) is 81.3 cm³/mol. The van der Waals surface area contributed by atoms with Crippen molar-refractivity contribution in [1.82, 2.24) is 5.32 Å². The van der Waals surface area contributed by atoms with Gasteiger partial charge in [0, 0.05) is 13.2 Å². The van der Waals surface area contributed by atoms with E-state index in [2.05, 4.69) is 19.2 Å². The molecule has 0 aromatic heterocycles. The van der Waals surface area contributed by atoms with Crippen LogP contribution in [0.15, 0.2) is 0 Å². The molecule has 0 spiro atoms. The van der Waals surface area contributed by atoms with Gasteiger partial charge in [0.05, 0.1) is 6.10 Å². The van der Waals surface area contributed by atoms with Gasteiger partial charge in [-0.3, -0.25) is 0 Å². The fourth-order valence-electron chi connectivity index (χ4n) is 4.46. The van der Waals surface area contributed by atoms with Gasteiger partial charge in [-0.2, -0.15) is 0 Å². The highest BCUT2D eigenvalue weighted by Gasteiger charge is 2.40. The molecule has 2 fully saturated rings. The number of fused-ring (bicyclic) bond motifs is 2. The van der Waals surface area contributed by atoms with Crippen molar-refractivity contribution < 1.29 is 4.74 Å². The third-order valence-electron chi connectivity index (χ3n) is 5.42. The third kappa shape index (κ3) is 3.95. The number of methoxy groups -OCH3 is 1. The summed E-state index contributed by atoms with van der Waals surface area (Å²) in [6, 6.07) is 0.578. The van der Waals surface area contributed by atoms with E-state index in [1.165, 1.54) is 51.4 Å². The molecule has 2 aliphatic rings. The van der Waals surface area contributed by atoms with Crippen molar-refractivity contribution >= 4 is 0 Å². The molecule has 0 radical (unpaired) electrons. The molecule has 0 aliphatic heterocycles. The van der Waals surface area contributed by atoms with Gasteiger partial charge in [0.25, 0.3) is 0 Å². The van der Waals surface area contributed by atoms with Gasteiger partial charge in [0.15, 0.2) is 0 Å². The second kappa shape index (κ2) is 7.64. The molecule has 0 amide bonds. The van der Waals surface area contributed by atoms with E-state index in [9.17, 15) is 0 Å². The second-order valence-electron chi connectivity index (χ2n) is 6.79. The number of rotatable bonds is 9. The lowest BCUT2D eigenvalue weighted by atomic mass is 9.82. The zero-order valence-electron chi connectivity index (χ0n) is 13.2. The summed E-state index contributed by atoms with van der Waals surface area (Å²) < 4.78 is 5.78. The molecule has 19 heavy (non-hydrogen) atoms. The number of hydrogen-bond acceptors (Lipinski definition) is 2. The van der Waals surface area contributed by atoms with Crippen LogP contribution in [0.2, 0.25) is 0 Å². The first-order valence-electron chi connectivity index (χ1n) is 8.54. The Labute approximate surface area is 119 Å². The number of ether oxygens (including phenoxy) is 1. The molecular weight excluding hydrogens is 234 g/mol. The molecule has 5 atom stereocenters.